The van der Waals surface area contributed by atoms with Crippen LogP contribution in [0, 0.1) is 6.92 Å². The van der Waals surface area contributed by atoms with Crippen molar-refractivity contribution in [1.82, 2.24) is 9.80 Å². The van der Waals surface area contributed by atoms with Crippen LogP contribution in [0.4, 0.5) is 0 Å². The van der Waals surface area contributed by atoms with Gasteiger partial charge in [-0.3, -0.25) is 9.59 Å². The van der Waals surface area contributed by atoms with Crippen molar-refractivity contribution in [1.29, 1.82) is 0 Å². The first-order valence-electron chi connectivity index (χ1n) is 14.4. The van der Waals surface area contributed by atoms with Gasteiger partial charge in [-0.15, -0.1) is 0 Å². The number of Topliss-reactive ketones (excluding diaryl/α,β-unsaturated/α-hetero) is 1. The molecule has 0 spiro atoms. The Balaban J connectivity index is 1.46. The van der Waals surface area contributed by atoms with Gasteiger partial charge in [0.15, 0.2) is 0 Å². The van der Waals surface area contributed by atoms with Crippen molar-refractivity contribution in [2.45, 2.75) is 26.0 Å². The van der Waals surface area contributed by atoms with Gasteiger partial charge in [-0.1, -0.05) is 54.6 Å². The molecule has 43 heavy (non-hydrogen) atoms. The predicted molar refractivity (Wildman–Crippen MR) is 167 cm³/mol. The molecule has 220 valence electrons. The Labute approximate surface area is 252 Å². The van der Waals surface area contributed by atoms with E-state index in [1.165, 1.54) is 0 Å². The van der Waals surface area contributed by atoms with E-state index in [1.807, 2.05) is 105 Å². The van der Waals surface area contributed by atoms with Crippen LogP contribution in [-0.4, -0.2) is 53.8 Å². The highest BCUT2D eigenvalue weighted by Crippen LogP contribution is 2.41. The molecule has 0 aromatic heterocycles. The Kier molecular flexibility index (Phi) is 9.23. The van der Waals surface area contributed by atoms with E-state index >= 15 is 0 Å². The Bertz CT molecular complexity index is 1610. The minimum absolute atomic E-state index is 0.0558. The van der Waals surface area contributed by atoms with Gasteiger partial charge in [0.2, 0.25) is 0 Å². The molecule has 5 rings (SSSR count). The van der Waals surface area contributed by atoms with Crippen LogP contribution >= 0.6 is 0 Å². The molecule has 1 unspecified atom stereocenters. The standard InChI is InChI=1S/C36H36N2O5/c1-25-11-7-8-12-28(25)24-42-29-19-17-26(18-20-29)34(39)32-33(38(36(41)35(32)40)22-10-21-37(2)3)27-13-9-16-31(23-27)43-30-14-5-4-6-15-30/h4-9,11-20,23,33,39H,10,21-22,24H2,1-3H3/b34-32+. The Hall–Kier alpha value is -4.88. The summed E-state index contributed by atoms with van der Waals surface area (Å²) in [4.78, 5) is 30.4. The van der Waals surface area contributed by atoms with Crippen LogP contribution in [0.5, 0.6) is 17.2 Å². The number of likely N-dealkylation sites (tertiary alicyclic amines) is 1. The predicted octanol–water partition coefficient (Wildman–Crippen LogP) is 6.74. The van der Waals surface area contributed by atoms with E-state index in [-0.39, 0.29) is 11.3 Å². The van der Waals surface area contributed by atoms with Gasteiger partial charge in [-0.05, 0) is 99.2 Å². The number of amides is 1. The average Bonchev–Trinajstić information content (AvgIpc) is 3.26. The van der Waals surface area contributed by atoms with E-state index in [9.17, 15) is 14.7 Å². The van der Waals surface area contributed by atoms with Crippen LogP contribution in [0.15, 0.2) is 109 Å². The van der Waals surface area contributed by atoms with Crippen LogP contribution in [0.1, 0.15) is 34.7 Å². The van der Waals surface area contributed by atoms with Gasteiger partial charge in [-0.2, -0.15) is 0 Å². The molecule has 1 aliphatic rings. The first-order chi connectivity index (χ1) is 20.8. The molecule has 1 saturated heterocycles. The van der Waals surface area contributed by atoms with Gasteiger partial charge in [0.1, 0.15) is 29.6 Å². The third-order valence-electron chi connectivity index (χ3n) is 7.48. The summed E-state index contributed by atoms with van der Waals surface area (Å²) in [7, 11) is 3.93. The maximum absolute atomic E-state index is 13.5. The first-order valence-corrected chi connectivity index (χ1v) is 14.4. The summed E-state index contributed by atoms with van der Waals surface area (Å²) >= 11 is 0. The third-order valence-corrected chi connectivity index (χ3v) is 7.48. The quantitative estimate of drug-likeness (QED) is 0.121. The number of hydrogen-bond donors (Lipinski definition) is 1. The normalized spacial score (nSPS) is 16.1. The fourth-order valence-corrected chi connectivity index (χ4v) is 5.18. The van der Waals surface area contributed by atoms with E-state index in [0.717, 1.165) is 17.7 Å². The molecule has 4 aromatic rings. The number of carbonyl (C=O) groups is 2. The molecule has 1 amide bonds. The summed E-state index contributed by atoms with van der Waals surface area (Å²) in [5, 5.41) is 11.5. The minimum Gasteiger partial charge on any atom is -0.507 e. The van der Waals surface area contributed by atoms with Crippen LogP contribution in [0.2, 0.25) is 0 Å². The van der Waals surface area contributed by atoms with Crippen molar-refractivity contribution in [2.24, 2.45) is 0 Å². The summed E-state index contributed by atoms with van der Waals surface area (Å²) in [5.41, 5.74) is 3.39. The Morgan fingerprint density at radius 1 is 0.837 bits per heavy atom. The highest BCUT2D eigenvalue weighted by Gasteiger charge is 2.45. The van der Waals surface area contributed by atoms with Gasteiger partial charge in [0, 0.05) is 12.1 Å². The van der Waals surface area contributed by atoms with Crippen LogP contribution in [-0.2, 0) is 16.2 Å². The van der Waals surface area contributed by atoms with E-state index in [1.54, 1.807) is 29.2 Å². The summed E-state index contributed by atoms with van der Waals surface area (Å²) in [6.07, 6.45) is 0.670. The smallest absolute Gasteiger partial charge is 0.295 e. The zero-order valence-electron chi connectivity index (χ0n) is 24.7. The highest BCUT2D eigenvalue weighted by atomic mass is 16.5. The first kappa shape index (κ1) is 29.6. The number of carbonyl (C=O) groups excluding carboxylic acids is 2. The molecule has 0 radical (unpaired) electrons. The van der Waals surface area contributed by atoms with Crippen molar-refractivity contribution < 1.29 is 24.2 Å². The second kappa shape index (κ2) is 13.4. The van der Waals surface area contributed by atoms with Crippen molar-refractivity contribution in [2.75, 3.05) is 27.2 Å². The maximum atomic E-state index is 13.5. The SMILES string of the molecule is Cc1ccccc1COc1ccc(/C(O)=C2\C(=O)C(=O)N(CCCN(C)C)C2c2cccc(Oc3ccccc3)c2)cc1. The molecule has 1 N–H and O–H groups in total. The number of ether oxygens (including phenoxy) is 2. The highest BCUT2D eigenvalue weighted by molar-refractivity contribution is 6.46. The van der Waals surface area contributed by atoms with Crippen molar-refractivity contribution in [3.05, 3.63) is 131 Å². The fourth-order valence-electron chi connectivity index (χ4n) is 5.18. The molecule has 0 bridgehead atoms. The molecule has 0 saturated carbocycles. The molecule has 7 nitrogen and oxygen atoms in total. The number of aryl methyl sites for hydroxylation is 1. The second-order valence-corrected chi connectivity index (χ2v) is 10.9. The summed E-state index contributed by atoms with van der Waals surface area (Å²) in [6.45, 7) is 3.56. The zero-order chi connectivity index (χ0) is 30.3. The molecule has 0 aliphatic carbocycles. The molecule has 7 heteroatoms. The van der Waals surface area contributed by atoms with E-state index < -0.39 is 17.7 Å². The number of para-hydroxylation sites is 1. The number of nitrogens with zero attached hydrogens (tertiary/aromatic N) is 2. The molecular weight excluding hydrogens is 540 g/mol. The zero-order valence-corrected chi connectivity index (χ0v) is 24.7. The molecule has 1 atom stereocenters. The topological polar surface area (TPSA) is 79.3 Å². The summed E-state index contributed by atoms with van der Waals surface area (Å²) in [6, 6.07) is 30.9. The van der Waals surface area contributed by atoms with Gasteiger partial charge in [0.05, 0.1) is 11.6 Å². The fraction of sp³-hybridized carbons (Fsp3) is 0.222. The van der Waals surface area contributed by atoms with Crippen molar-refractivity contribution in [3.63, 3.8) is 0 Å². The van der Waals surface area contributed by atoms with Crippen molar-refractivity contribution in [3.8, 4) is 17.2 Å². The molecule has 1 aliphatic heterocycles. The Morgan fingerprint density at radius 3 is 2.26 bits per heavy atom. The lowest BCUT2D eigenvalue weighted by Gasteiger charge is -2.26. The van der Waals surface area contributed by atoms with Crippen LogP contribution < -0.4 is 9.47 Å². The molecule has 1 fully saturated rings. The monoisotopic (exact) mass is 576 g/mol. The molecular formula is C36H36N2O5. The summed E-state index contributed by atoms with van der Waals surface area (Å²) < 4.78 is 12.0. The number of hydrogen-bond acceptors (Lipinski definition) is 6. The van der Waals surface area contributed by atoms with E-state index in [0.29, 0.717) is 47.9 Å². The van der Waals surface area contributed by atoms with Crippen LogP contribution in [0.25, 0.3) is 5.76 Å². The second-order valence-electron chi connectivity index (χ2n) is 10.9. The van der Waals surface area contributed by atoms with E-state index in [4.69, 9.17) is 9.47 Å². The molecule has 1 heterocycles. The van der Waals surface area contributed by atoms with Gasteiger partial charge >= 0.3 is 0 Å². The number of benzene rings is 4. The van der Waals surface area contributed by atoms with Gasteiger partial charge in [-0.25, -0.2) is 0 Å². The maximum Gasteiger partial charge on any atom is 0.295 e. The Morgan fingerprint density at radius 2 is 1.53 bits per heavy atom. The third kappa shape index (κ3) is 6.96. The largest absolute Gasteiger partial charge is 0.507 e. The van der Waals surface area contributed by atoms with Crippen LogP contribution in [0.3, 0.4) is 0 Å². The van der Waals surface area contributed by atoms with Gasteiger partial charge in [0.25, 0.3) is 11.7 Å². The number of aliphatic hydroxyl groups excluding tert-OH is 1. The number of ketones is 1. The lowest BCUT2D eigenvalue weighted by Crippen LogP contribution is -2.32. The number of aliphatic hydroxyl groups is 1. The molecule has 4 aromatic carbocycles. The van der Waals surface area contributed by atoms with E-state index in [2.05, 4.69) is 0 Å². The average molecular weight is 577 g/mol. The van der Waals surface area contributed by atoms with Gasteiger partial charge < -0.3 is 24.4 Å². The summed E-state index contributed by atoms with van der Waals surface area (Å²) in [5.74, 6) is 0.311. The lowest BCUT2D eigenvalue weighted by molar-refractivity contribution is -0.139. The minimum atomic E-state index is -0.765. The lowest BCUT2D eigenvalue weighted by atomic mass is 9.95. The van der Waals surface area contributed by atoms with Crippen molar-refractivity contribution >= 4 is 17.4 Å². The number of rotatable bonds is 11.